The highest BCUT2D eigenvalue weighted by Gasteiger charge is 2.60. The summed E-state index contributed by atoms with van der Waals surface area (Å²) in [5.74, 6) is 2.21. The monoisotopic (exact) mass is 353 g/mol. The van der Waals surface area contributed by atoms with E-state index in [2.05, 4.69) is 45.6 Å². The van der Waals surface area contributed by atoms with Gasteiger partial charge in [0.1, 0.15) is 6.54 Å². The minimum Gasteiger partial charge on any atom is -0.347 e. The summed E-state index contributed by atoms with van der Waals surface area (Å²) < 4.78 is 4.61. The van der Waals surface area contributed by atoms with Gasteiger partial charge in [-0.1, -0.05) is 13.0 Å². The molecule has 0 unspecified atom stereocenters. The molecule has 0 aromatic carbocycles. The van der Waals surface area contributed by atoms with E-state index in [1.165, 1.54) is 31.4 Å². The lowest BCUT2D eigenvalue weighted by molar-refractivity contribution is -0.628. The number of carbonyl (C=O) groups excluding carboxylic acids is 1. The van der Waals surface area contributed by atoms with Crippen molar-refractivity contribution in [2.45, 2.75) is 51.5 Å². The molecule has 2 aliphatic carbocycles. The molecule has 1 N–H and O–H groups in total. The average Bonchev–Trinajstić information content (AvgIpc) is 3.20. The van der Waals surface area contributed by atoms with Crippen LogP contribution >= 0.6 is 0 Å². The van der Waals surface area contributed by atoms with E-state index in [1.54, 1.807) is 0 Å². The van der Waals surface area contributed by atoms with E-state index < -0.39 is 0 Å². The molecule has 0 spiro atoms. The van der Waals surface area contributed by atoms with Gasteiger partial charge in [0.05, 0.1) is 6.33 Å². The molecule has 0 bridgehead atoms. The van der Waals surface area contributed by atoms with Crippen LogP contribution in [0, 0.1) is 23.2 Å². The summed E-state index contributed by atoms with van der Waals surface area (Å²) in [5.41, 5.74) is 1.82. The van der Waals surface area contributed by atoms with Crippen molar-refractivity contribution in [1.82, 2.24) is 14.9 Å². The Morgan fingerprint density at radius 3 is 2.96 bits per heavy atom. The number of nitrogens with one attached hydrogen (secondary N) is 1. The average molecular weight is 353 g/mol. The summed E-state index contributed by atoms with van der Waals surface area (Å²) in [6.07, 6.45) is 16.2. The zero-order chi connectivity index (χ0) is 17.9. The summed E-state index contributed by atoms with van der Waals surface area (Å²) in [6, 6.07) is 0. The van der Waals surface area contributed by atoms with Gasteiger partial charge in [-0.2, -0.15) is 0 Å². The van der Waals surface area contributed by atoms with Crippen molar-refractivity contribution in [3.05, 3.63) is 24.8 Å². The van der Waals surface area contributed by atoms with Crippen molar-refractivity contribution in [3.8, 4) is 0 Å². The van der Waals surface area contributed by atoms with Crippen LogP contribution in [0.25, 0.3) is 5.70 Å². The molecule has 0 radical (unpaired) electrons. The van der Waals surface area contributed by atoms with Gasteiger partial charge in [0.15, 0.2) is 5.54 Å². The zero-order valence-electron chi connectivity index (χ0n) is 15.8. The lowest BCUT2D eigenvalue weighted by atomic mass is 9.53. The fourth-order valence-corrected chi connectivity index (χ4v) is 6.73. The number of fused-ring (bicyclic) bond motifs is 5. The van der Waals surface area contributed by atoms with Gasteiger partial charge in [-0.15, -0.1) is 0 Å². The third-order valence-electron chi connectivity index (χ3n) is 8.12. The number of imidazole rings is 1. The van der Waals surface area contributed by atoms with E-state index in [1.807, 2.05) is 18.7 Å². The molecular weight excluding hydrogens is 324 g/mol. The molecule has 138 valence electrons. The molecule has 1 amide bonds. The number of rotatable bonds is 1. The Balaban J connectivity index is 1.48. The largest absolute Gasteiger partial charge is 0.347 e. The molecule has 1 saturated heterocycles. The Morgan fingerprint density at radius 2 is 2.15 bits per heavy atom. The Kier molecular flexibility index (Phi) is 3.47. The second-order valence-corrected chi connectivity index (χ2v) is 9.14. The van der Waals surface area contributed by atoms with Crippen LogP contribution in [-0.2, 0) is 4.79 Å². The smallest absolute Gasteiger partial charge is 0.307 e. The highest BCUT2D eigenvalue weighted by atomic mass is 16.1. The molecule has 5 heteroatoms. The first-order valence-corrected chi connectivity index (χ1v) is 10.1. The van der Waals surface area contributed by atoms with E-state index in [0.29, 0.717) is 11.8 Å². The Bertz CT molecular complexity index is 795. The molecule has 5 rings (SSSR count). The van der Waals surface area contributed by atoms with E-state index in [-0.39, 0.29) is 16.9 Å². The number of amides is 1. The van der Waals surface area contributed by atoms with E-state index >= 15 is 0 Å². The molecule has 26 heavy (non-hydrogen) atoms. The Morgan fingerprint density at radius 1 is 1.27 bits per heavy atom. The zero-order valence-corrected chi connectivity index (χ0v) is 15.8. The molecule has 1 aromatic rings. The second-order valence-electron chi connectivity index (χ2n) is 9.14. The summed E-state index contributed by atoms with van der Waals surface area (Å²) in [4.78, 5) is 16.3. The number of hydrogen-bond acceptors (Lipinski definition) is 2. The van der Waals surface area contributed by atoms with Crippen LogP contribution in [-0.4, -0.2) is 44.9 Å². The highest BCUT2D eigenvalue weighted by molar-refractivity contribution is 6.24. The highest BCUT2D eigenvalue weighted by Crippen LogP contribution is 2.61. The molecule has 5 atom stereocenters. The van der Waals surface area contributed by atoms with Gasteiger partial charge in [-0.05, 0) is 31.1 Å². The molecule has 4 aliphatic rings. The lowest BCUT2D eigenvalue weighted by Crippen LogP contribution is -2.58. The maximum Gasteiger partial charge on any atom is 0.307 e. The maximum absolute atomic E-state index is 12.0. The number of piperidine rings is 1. The maximum atomic E-state index is 12.0. The Hall–Kier alpha value is -1.91. The van der Waals surface area contributed by atoms with Crippen LogP contribution in [0.15, 0.2) is 24.8 Å². The number of allylic oxidation sites excluding steroid dienone is 2. The van der Waals surface area contributed by atoms with Crippen LogP contribution in [0.5, 0.6) is 0 Å². The quantitative estimate of drug-likeness (QED) is 0.789. The fraction of sp³-hybridized carbons (Fsp3) is 0.667. The number of nitrogens with zero attached hydrogens (tertiary/aromatic N) is 3. The molecule has 1 saturated carbocycles. The minimum absolute atomic E-state index is 0.0812. The van der Waals surface area contributed by atoms with E-state index in [4.69, 9.17) is 0 Å². The summed E-state index contributed by atoms with van der Waals surface area (Å²) in [7, 11) is 0. The normalized spacial score (nSPS) is 41.9. The van der Waals surface area contributed by atoms with Gasteiger partial charge in [-0.25, -0.2) is 9.56 Å². The SMILES string of the molecule is C[C@]12CC[C@H]3[C@@H](CC[N+]4=CC(=O)NCC[C@]34C)[C@@H]1CC=C2n1ccnc1. The van der Waals surface area contributed by atoms with Crippen molar-refractivity contribution >= 4 is 17.8 Å². The van der Waals surface area contributed by atoms with Crippen molar-refractivity contribution < 1.29 is 9.37 Å². The van der Waals surface area contributed by atoms with Gasteiger partial charge in [0.2, 0.25) is 6.21 Å². The van der Waals surface area contributed by atoms with Gasteiger partial charge < -0.3 is 9.88 Å². The van der Waals surface area contributed by atoms with E-state index in [9.17, 15) is 4.79 Å². The minimum atomic E-state index is 0.0812. The summed E-state index contributed by atoms with van der Waals surface area (Å²) >= 11 is 0. The van der Waals surface area contributed by atoms with Crippen LogP contribution in [0.4, 0.5) is 0 Å². The number of aromatic nitrogens is 2. The predicted molar refractivity (Wildman–Crippen MR) is 101 cm³/mol. The second kappa shape index (κ2) is 5.54. The van der Waals surface area contributed by atoms with Gasteiger partial charge in [0, 0.05) is 55.7 Å². The standard InChI is InChI=1S/C21H28N4O/c1-20-7-5-17-15(16(20)3-4-18(20)24-12-10-22-14-24)6-11-25-13-19(26)23-9-8-21(17,25)2/h4,10,12-17H,3,5-9,11H2,1-2H3/p+1/t15-,16-,17-,20-,21+/m0/s1. The topological polar surface area (TPSA) is 49.9 Å². The van der Waals surface area contributed by atoms with Crippen LogP contribution in [0.3, 0.4) is 0 Å². The fourth-order valence-electron chi connectivity index (χ4n) is 6.73. The number of carbonyl (C=O) groups is 1. The lowest BCUT2D eigenvalue weighted by Gasteiger charge is -2.53. The molecule has 3 heterocycles. The third kappa shape index (κ3) is 2.12. The first-order chi connectivity index (χ1) is 12.5. The third-order valence-corrected chi connectivity index (χ3v) is 8.12. The van der Waals surface area contributed by atoms with Crippen LogP contribution < -0.4 is 5.32 Å². The van der Waals surface area contributed by atoms with E-state index in [0.717, 1.165) is 25.4 Å². The van der Waals surface area contributed by atoms with Gasteiger partial charge >= 0.3 is 5.91 Å². The molecule has 2 aliphatic heterocycles. The number of hydrogen-bond donors (Lipinski definition) is 1. The summed E-state index contributed by atoms with van der Waals surface area (Å²) in [6.45, 7) is 6.69. The first kappa shape index (κ1) is 16.3. The van der Waals surface area contributed by atoms with Crippen LogP contribution in [0.1, 0.15) is 46.0 Å². The van der Waals surface area contributed by atoms with Crippen molar-refractivity contribution in [2.75, 3.05) is 13.1 Å². The summed E-state index contributed by atoms with van der Waals surface area (Å²) in [5, 5.41) is 3.04. The first-order valence-electron chi connectivity index (χ1n) is 10.1. The van der Waals surface area contributed by atoms with Crippen molar-refractivity contribution in [3.63, 3.8) is 0 Å². The molecule has 5 nitrogen and oxygen atoms in total. The van der Waals surface area contributed by atoms with Crippen molar-refractivity contribution in [1.29, 1.82) is 0 Å². The molecule has 2 fully saturated rings. The molecular formula is C21H29N4O+. The van der Waals surface area contributed by atoms with Gasteiger partial charge in [0.25, 0.3) is 0 Å². The molecule has 1 aromatic heterocycles. The van der Waals surface area contributed by atoms with Crippen molar-refractivity contribution in [2.24, 2.45) is 23.2 Å². The Labute approximate surface area is 155 Å². The van der Waals surface area contributed by atoms with Crippen LogP contribution in [0.2, 0.25) is 0 Å². The van der Waals surface area contributed by atoms with Gasteiger partial charge in [-0.3, -0.25) is 4.79 Å². The predicted octanol–water partition coefficient (Wildman–Crippen LogP) is 2.54.